The summed E-state index contributed by atoms with van der Waals surface area (Å²) >= 11 is 0. The molecule has 0 aromatic rings. The molecule has 4 bridgehead atoms. The SMILES string of the molecule is CC1=C(C)CC(C)(S(=O)(=O)O)C(NC2C3CC4CC(C3)CC2C4)C1. The first kappa shape index (κ1) is 17.0. The first-order valence-electron chi connectivity index (χ1n) is 9.55. The van der Waals surface area contributed by atoms with Gasteiger partial charge in [-0.05, 0) is 89.4 Å². The van der Waals surface area contributed by atoms with Gasteiger partial charge in [0.15, 0.2) is 0 Å². The zero-order valence-corrected chi connectivity index (χ0v) is 15.9. The summed E-state index contributed by atoms with van der Waals surface area (Å²) in [4.78, 5) is 0. The molecule has 0 saturated heterocycles. The number of hydrogen-bond donors (Lipinski definition) is 2. The molecule has 0 radical (unpaired) electrons. The molecule has 5 aliphatic carbocycles. The molecular formula is C19H31NO3S. The van der Waals surface area contributed by atoms with Crippen molar-refractivity contribution in [2.24, 2.45) is 23.7 Å². The van der Waals surface area contributed by atoms with Crippen LogP contribution in [-0.4, -0.2) is 29.8 Å². The fourth-order valence-corrected chi connectivity index (χ4v) is 7.34. The number of allylic oxidation sites excluding steroid dienone is 1. The molecule has 5 heteroatoms. The molecule has 0 spiro atoms. The van der Waals surface area contributed by atoms with Gasteiger partial charge in [0.25, 0.3) is 10.1 Å². The normalized spacial score (nSPS) is 48.2. The third-order valence-electron chi connectivity index (χ3n) is 7.80. The maximum absolute atomic E-state index is 12.2. The van der Waals surface area contributed by atoms with Crippen molar-refractivity contribution in [2.45, 2.75) is 82.5 Å². The summed E-state index contributed by atoms with van der Waals surface area (Å²) in [5.74, 6) is 3.24. The highest BCUT2D eigenvalue weighted by Crippen LogP contribution is 2.54. The van der Waals surface area contributed by atoms with Gasteiger partial charge in [-0.1, -0.05) is 11.1 Å². The van der Waals surface area contributed by atoms with Crippen molar-refractivity contribution in [1.82, 2.24) is 5.32 Å². The Balaban J connectivity index is 1.60. The molecule has 2 unspecified atom stereocenters. The van der Waals surface area contributed by atoms with E-state index in [1.165, 1.54) is 37.7 Å². The van der Waals surface area contributed by atoms with E-state index in [0.717, 1.165) is 23.8 Å². The van der Waals surface area contributed by atoms with Crippen molar-refractivity contribution in [3.63, 3.8) is 0 Å². The van der Waals surface area contributed by atoms with Crippen LogP contribution < -0.4 is 5.32 Å². The standard InChI is InChI=1S/C19H31NO3S/c1-11-4-17(19(3,10-12(11)2)24(21,22)23)20-18-15-6-13-5-14(8-15)9-16(18)7-13/h13-18,20H,4-10H2,1-3H3,(H,21,22,23). The molecule has 136 valence electrons. The maximum Gasteiger partial charge on any atom is 0.272 e. The van der Waals surface area contributed by atoms with Crippen LogP contribution in [0.5, 0.6) is 0 Å². The fraction of sp³-hybridized carbons (Fsp3) is 0.895. The van der Waals surface area contributed by atoms with Crippen molar-refractivity contribution in [3.05, 3.63) is 11.1 Å². The van der Waals surface area contributed by atoms with Crippen LogP contribution in [0, 0.1) is 23.7 Å². The lowest BCUT2D eigenvalue weighted by atomic mass is 9.54. The van der Waals surface area contributed by atoms with Gasteiger partial charge in [-0.25, -0.2) is 0 Å². The molecule has 0 aliphatic heterocycles. The first-order valence-corrected chi connectivity index (χ1v) is 11.0. The highest BCUT2D eigenvalue weighted by Gasteiger charge is 2.53. The summed E-state index contributed by atoms with van der Waals surface area (Å²) in [6.45, 7) is 5.83. The van der Waals surface area contributed by atoms with Crippen LogP contribution in [0.4, 0.5) is 0 Å². The molecule has 4 saturated carbocycles. The lowest BCUT2D eigenvalue weighted by Gasteiger charge is -2.56. The predicted molar refractivity (Wildman–Crippen MR) is 95.3 cm³/mol. The molecule has 4 nitrogen and oxygen atoms in total. The Kier molecular flexibility index (Phi) is 3.94. The molecule has 2 N–H and O–H groups in total. The van der Waals surface area contributed by atoms with E-state index in [1.807, 2.05) is 6.92 Å². The van der Waals surface area contributed by atoms with E-state index < -0.39 is 14.9 Å². The van der Waals surface area contributed by atoms with Gasteiger partial charge in [0.1, 0.15) is 4.75 Å². The molecule has 4 fully saturated rings. The summed E-state index contributed by atoms with van der Waals surface area (Å²) < 4.78 is 33.3. The Labute approximate surface area is 146 Å². The van der Waals surface area contributed by atoms with Crippen LogP contribution in [0.1, 0.15) is 65.7 Å². The second-order valence-electron chi connectivity index (χ2n) is 9.41. The largest absolute Gasteiger partial charge is 0.309 e. The predicted octanol–water partition coefficient (Wildman–Crippen LogP) is 3.55. The van der Waals surface area contributed by atoms with Gasteiger partial charge in [-0.2, -0.15) is 8.42 Å². The average molecular weight is 354 g/mol. The molecule has 5 rings (SSSR count). The van der Waals surface area contributed by atoms with Gasteiger partial charge in [-0.15, -0.1) is 0 Å². The zero-order chi connectivity index (χ0) is 17.3. The second kappa shape index (κ2) is 5.55. The van der Waals surface area contributed by atoms with E-state index in [9.17, 15) is 13.0 Å². The maximum atomic E-state index is 12.2. The van der Waals surface area contributed by atoms with Crippen LogP contribution in [0.15, 0.2) is 11.1 Å². The minimum atomic E-state index is -4.10. The van der Waals surface area contributed by atoms with E-state index in [-0.39, 0.29) is 6.04 Å². The van der Waals surface area contributed by atoms with E-state index >= 15 is 0 Å². The Morgan fingerprint density at radius 1 is 1.00 bits per heavy atom. The van der Waals surface area contributed by atoms with Crippen LogP contribution in [0.2, 0.25) is 0 Å². The van der Waals surface area contributed by atoms with Crippen molar-refractivity contribution in [3.8, 4) is 0 Å². The van der Waals surface area contributed by atoms with Gasteiger partial charge >= 0.3 is 0 Å². The van der Waals surface area contributed by atoms with Gasteiger partial charge in [0.2, 0.25) is 0 Å². The highest BCUT2D eigenvalue weighted by molar-refractivity contribution is 7.87. The van der Waals surface area contributed by atoms with Gasteiger partial charge < -0.3 is 5.32 Å². The summed E-state index contributed by atoms with van der Waals surface area (Å²) in [5, 5.41) is 3.78. The molecule has 24 heavy (non-hydrogen) atoms. The summed E-state index contributed by atoms with van der Waals surface area (Å²) in [6.07, 6.45) is 7.84. The van der Waals surface area contributed by atoms with E-state index in [1.54, 1.807) is 6.92 Å². The average Bonchev–Trinajstić information content (AvgIpc) is 2.46. The highest BCUT2D eigenvalue weighted by atomic mass is 32.2. The monoisotopic (exact) mass is 353 g/mol. The lowest BCUT2D eigenvalue weighted by Crippen LogP contribution is -2.63. The van der Waals surface area contributed by atoms with Crippen LogP contribution in [0.25, 0.3) is 0 Å². The third-order valence-corrected chi connectivity index (χ3v) is 9.41. The van der Waals surface area contributed by atoms with E-state index in [4.69, 9.17) is 0 Å². The van der Waals surface area contributed by atoms with Crippen LogP contribution >= 0.6 is 0 Å². The number of rotatable bonds is 3. The molecule has 0 aromatic carbocycles. The van der Waals surface area contributed by atoms with E-state index in [0.29, 0.717) is 24.3 Å². The van der Waals surface area contributed by atoms with Crippen LogP contribution in [-0.2, 0) is 10.1 Å². The molecule has 5 aliphatic rings. The Morgan fingerprint density at radius 2 is 1.54 bits per heavy atom. The topological polar surface area (TPSA) is 66.4 Å². The fourth-order valence-electron chi connectivity index (χ4n) is 6.43. The van der Waals surface area contributed by atoms with Gasteiger partial charge in [0, 0.05) is 12.1 Å². The number of nitrogens with one attached hydrogen (secondary N) is 1. The minimum Gasteiger partial charge on any atom is -0.309 e. The third kappa shape index (κ3) is 2.58. The molecule has 2 atom stereocenters. The van der Waals surface area contributed by atoms with Gasteiger partial charge in [0.05, 0.1) is 0 Å². The summed E-state index contributed by atoms with van der Waals surface area (Å²) in [7, 11) is -4.10. The van der Waals surface area contributed by atoms with Crippen molar-refractivity contribution in [1.29, 1.82) is 0 Å². The molecular weight excluding hydrogens is 322 g/mol. The van der Waals surface area contributed by atoms with Crippen molar-refractivity contribution < 1.29 is 13.0 Å². The summed E-state index contributed by atoms with van der Waals surface area (Å²) in [5.41, 5.74) is 2.38. The first-order chi connectivity index (χ1) is 11.2. The summed E-state index contributed by atoms with van der Waals surface area (Å²) in [6, 6.07) is 0.258. The molecule has 0 heterocycles. The quantitative estimate of drug-likeness (QED) is 0.601. The lowest BCUT2D eigenvalue weighted by molar-refractivity contribution is -0.0197. The smallest absolute Gasteiger partial charge is 0.272 e. The van der Waals surface area contributed by atoms with Gasteiger partial charge in [-0.3, -0.25) is 4.55 Å². The van der Waals surface area contributed by atoms with Crippen molar-refractivity contribution in [2.75, 3.05) is 0 Å². The minimum absolute atomic E-state index is 0.182. The Bertz CT molecular complexity index is 640. The Morgan fingerprint density at radius 3 is 2.04 bits per heavy atom. The Hall–Kier alpha value is -0.390. The second-order valence-corrected chi connectivity index (χ2v) is 11.3. The zero-order valence-electron chi connectivity index (χ0n) is 15.1. The molecule has 0 aromatic heterocycles. The van der Waals surface area contributed by atoms with Crippen LogP contribution in [0.3, 0.4) is 0 Å². The number of hydrogen-bond acceptors (Lipinski definition) is 3. The van der Waals surface area contributed by atoms with E-state index in [2.05, 4.69) is 12.2 Å². The van der Waals surface area contributed by atoms with Crippen molar-refractivity contribution >= 4 is 10.1 Å². The molecule has 0 amide bonds.